The highest BCUT2D eigenvalue weighted by Crippen LogP contribution is 2.24. The summed E-state index contributed by atoms with van der Waals surface area (Å²) in [6.07, 6.45) is 5.85. The molecular weight excluding hydrogens is 284 g/mol. The molecule has 0 amide bonds. The SMILES string of the molecule is O=Cc1cc2c(cn1)OCC2.OCc1cc2c(cn1)OCC2. The van der Waals surface area contributed by atoms with Gasteiger partial charge in [0, 0.05) is 24.0 Å². The van der Waals surface area contributed by atoms with Gasteiger partial charge in [-0.05, 0) is 12.1 Å². The van der Waals surface area contributed by atoms with Crippen LogP contribution in [0.3, 0.4) is 0 Å². The normalized spacial score (nSPS) is 14.0. The quantitative estimate of drug-likeness (QED) is 0.843. The highest BCUT2D eigenvalue weighted by molar-refractivity contribution is 5.72. The van der Waals surface area contributed by atoms with Gasteiger partial charge in [0.05, 0.1) is 37.9 Å². The molecule has 1 N–H and O–H groups in total. The van der Waals surface area contributed by atoms with E-state index in [1.165, 1.54) is 0 Å². The summed E-state index contributed by atoms with van der Waals surface area (Å²) >= 11 is 0. The third kappa shape index (κ3) is 3.07. The molecule has 114 valence electrons. The van der Waals surface area contributed by atoms with E-state index in [-0.39, 0.29) is 6.61 Å². The van der Waals surface area contributed by atoms with Crippen molar-refractivity contribution in [3.8, 4) is 11.5 Å². The van der Waals surface area contributed by atoms with E-state index in [9.17, 15) is 4.79 Å². The Labute approximate surface area is 127 Å². The molecule has 6 nitrogen and oxygen atoms in total. The second-order valence-corrected chi connectivity index (χ2v) is 4.97. The van der Waals surface area contributed by atoms with E-state index in [0.29, 0.717) is 18.0 Å². The third-order valence-corrected chi connectivity index (χ3v) is 3.52. The lowest BCUT2D eigenvalue weighted by atomic mass is 10.2. The van der Waals surface area contributed by atoms with Crippen molar-refractivity contribution in [3.05, 3.63) is 47.0 Å². The van der Waals surface area contributed by atoms with Gasteiger partial charge in [-0.2, -0.15) is 0 Å². The Morgan fingerprint density at radius 1 is 1.05 bits per heavy atom. The Balaban J connectivity index is 0.000000131. The van der Waals surface area contributed by atoms with Crippen LogP contribution in [0.25, 0.3) is 0 Å². The zero-order chi connectivity index (χ0) is 15.4. The number of aldehydes is 1. The Hall–Kier alpha value is -2.47. The Bertz CT molecular complexity index is 688. The minimum atomic E-state index is 0.00722. The van der Waals surface area contributed by atoms with Gasteiger partial charge >= 0.3 is 0 Å². The molecule has 22 heavy (non-hydrogen) atoms. The average molecular weight is 300 g/mol. The zero-order valence-corrected chi connectivity index (χ0v) is 12.0. The van der Waals surface area contributed by atoms with Crippen LogP contribution in [0.2, 0.25) is 0 Å². The molecule has 0 fully saturated rings. The number of carbonyl (C=O) groups is 1. The van der Waals surface area contributed by atoms with E-state index in [1.54, 1.807) is 18.5 Å². The molecule has 2 aliphatic heterocycles. The fourth-order valence-electron chi connectivity index (χ4n) is 2.38. The molecule has 6 heteroatoms. The van der Waals surface area contributed by atoms with Crippen LogP contribution in [-0.2, 0) is 19.4 Å². The Morgan fingerprint density at radius 3 is 2.32 bits per heavy atom. The lowest BCUT2D eigenvalue weighted by molar-refractivity contribution is 0.111. The molecule has 0 saturated heterocycles. The predicted molar refractivity (Wildman–Crippen MR) is 78.2 cm³/mol. The molecule has 0 saturated carbocycles. The summed E-state index contributed by atoms with van der Waals surface area (Å²) in [5.41, 5.74) is 3.44. The second-order valence-electron chi connectivity index (χ2n) is 4.97. The number of aliphatic hydroxyl groups is 1. The number of hydrogen-bond acceptors (Lipinski definition) is 6. The van der Waals surface area contributed by atoms with Crippen molar-refractivity contribution >= 4 is 6.29 Å². The highest BCUT2D eigenvalue weighted by Gasteiger charge is 2.12. The molecule has 4 rings (SSSR count). The minimum absolute atomic E-state index is 0.00722. The number of nitrogens with zero attached hydrogens (tertiary/aromatic N) is 2. The van der Waals surface area contributed by atoms with Gasteiger partial charge in [0.1, 0.15) is 17.2 Å². The number of fused-ring (bicyclic) bond motifs is 2. The fourth-order valence-corrected chi connectivity index (χ4v) is 2.38. The van der Waals surface area contributed by atoms with Gasteiger partial charge in [0.15, 0.2) is 6.29 Å². The van der Waals surface area contributed by atoms with Crippen LogP contribution in [0.15, 0.2) is 24.5 Å². The summed E-state index contributed by atoms with van der Waals surface area (Å²) in [5, 5.41) is 8.77. The number of pyridine rings is 2. The number of rotatable bonds is 2. The smallest absolute Gasteiger partial charge is 0.168 e. The monoisotopic (exact) mass is 300 g/mol. The maximum Gasteiger partial charge on any atom is 0.168 e. The number of carbonyl (C=O) groups excluding carboxylic acids is 1. The second kappa shape index (κ2) is 6.53. The average Bonchev–Trinajstić information content (AvgIpc) is 3.22. The van der Waals surface area contributed by atoms with Crippen LogP contribution < -0.4 is 9.47 Å². The van der Waals surface area contributed by atoms with Crippen LogP contribution >= 0.6 is 0 Å². The van der Waals surface area contributed by atoms with E-state index in [2.05, 4.69) is 9.97 Å². The van der Waals surface area contributed by atoms with Crippen molar-refractivity contribution in [2.75, 3.05) is 13.2 Å². The molecule has 2 aromatic heterocycles. The first-order valence-corrected chi connectivity index (χ1v) is 7.08. The van der Waals surface area contributed by atoms with Gasteiger partial charge in [-0.1, -0.05) is 0 Å². The Kier molecular flexibility index (Phi) is 4.29. The number of ether oxygens (including phenoxy) is 2. The summed E-state index contributed by atoms with van der Waals surface area (Å²) in [7, 11) is 0. The van der Waals surface area contributed by atoms with Crippen LogP contribution in [0.1, 0.15) is 27.3 Å². The molecule has 0 bridgehead atoms. The van der Waals surface area contributed by atoms with Crippen molar-refractivity contribution in [2.45, 2.75) is 19.4 Å². The van der Waals surface area contributed by atoms with Crippen LogP contribution in [0.4, 0.5) is 0 Å². The van der Waals surface area contributed by atoms with Gasteiger partial charge in [0.2, 0.25) is 0 Å². The fraction of sp³-hybridized carbons (Fsp3) is 0.312. The van der Waals surface area contributed by atoms with Gasteiger partial charge in [-0.3, -0.25) is 9.78 Å². The van der Waals surface area contributed by atoms with Crippen LogP contribution in [-0.4, -0.2) is 34.6 Å². The van der Waals surface area contributed by atoms with Crippen LogP contribution in [0.5, 0.6) is 11.5 Å². The first-order valence-electron chi connectivity index (χ1n) is 7.08. The first kappa shape index (κ1) is 14.5. The largest absolute Gasteiger partial charge is 0.491 e. The topological polar surface area (TPSA) is 81.5 Å². The minimum Gasteiger partial charge on any atom is -0.491 e. The van der Waals surface area contributed by atoms with Gasteiger partial charge in [-0.25, -0.2) is 4.98 Å². The maximum atomic E-state index is 10.3. The summed E-state index contributed by atoms with van der Waals surface area (Å²) < 4.78 is 10.5. The molecule has 0 aliphatic carbocycles. The highest BCUT2D eigenvalue weighted by atomic mass is 16.5. The molecular formula is C16H16N2O4. The summed E-state index contributed by atoms with van der Waals surface area (Å²) in [5.74, 6) is 1.68. The summed E-state index contributed by atoms with van der Waals surface area (Å²) in [6, 6.07) is 3.66. The van der Waals surface area contributed by atoms with E-state index in [4.69, 9.17) is 14.6 Å². The maximum absolute atomic E-state index is 10.3. The van der Waals surface area contributed by atoms with Crippen molar-refractivity contribution in [1.29, 1.82) is 0 Å². The lowest BCUT2D eigenvalue weighted by Gasteiger charge is -1.98. The van der Waals surface area contributed by atoms with Gasteiger partial charge in [0.25, 0.3) is 0 Å². The standard InChI is InChI=1S/C8H9NO2.C8H7NO2/c2*10-5-7-3-6-1-2-11-8(6)4-9-7/h3-4,10H,1-2,5H2;3-5H,1-2H2. The summed E-state index contributed by atoms with van der Waals surface area (Å²) in [4.78, 5) is 18.2. The molecule has 4 heterocycles. The molecule has 0 unspecified atom stereocenters. The van der Waals surface area contributed by atoms with Gasteiger partial charge in [-0.15, -0.1) is 0 Å². The third-order valence-electron chi connectivity index (χ3n) is 3.52. The molecule has 0 aromatic carbocycles. The molecule has 0 spiro atoms. The van der Waals surface area contributed by atoms with Crippen molar-refractivity contribution in [2.24, 2.45) is 0 Å². The number of aliphatic hydroxyl groups excluding tert-OH is 1. The Morgan fingerprint density at radius 2 is 1.68 bits per heavy atom. The predicted octanol–water partition coefficient (Wildman–Crippen LogP) is 1.34. The molecule has 2 aliphatic rings. The number of hydrogen-bond donors (Lipinski definition) is 1. The lowest BCUT2D eigenvalue weighted by Crippen LogP contribution is -1.89. The van der Waals surface area contributed by atoms with Crippen molar-refractivity contribution < 1.29 is 19.4 Å². The molecule has 2 aromatic rings. The van der Waals surface area contributed by atoms with E-state index < -0.39 is 0 Å². The first-order chi connectivity index (χ1) is 10.8. The molecule has 0 atom stereocenters. The van der Waals surface area contributed by atoms with E-state index >= 15 is 0 Å². The van der Waals surface area contributed by atoms with Crippen LogP contribution in [0, 0.1) is 0 Å². The van der Waals surface area contributed by atoms with E-state index in [0.717, 1.165) is 48.4 Å². The zero-order valence-electron chi connectivity index (χ0n) is 12.0. The van der Waals surface area contributed by atoms with Crippen molar-refractivity contribution in [3.63, 3.8) is 0 Å². The van der Waals surface area contributed by atoms with E-state index in [1.807, 2.05) is 6.07 Å². The molecule has 0 radical (unpaired) electrons. The summed E-state index contributed by atoms with van der Waals surface area (Å²) in [6.45, 7) is 1.46. The number of aromatic nitrogens is 2. The van der Waals surface area contributed by atoms with Crippen molar-refractivity contribution in [1.82, 2.24) is 9.97 Å². The van der Waals surface area contributed by atoms with Gasteiger partial charge < -0.3 is 14.6 Å².